The van der Waals surface area contributed by atoms with Crippen LogP contribution in [0.4, 0.5) is 5.69 Å². The highest BCUT2D eigenvalue weighted by molar-refractivity contribution is 8.15. The van der Waals surface area contributed by atoms with Crippen molar-refractivity contribution < 1.29 is 0 Å². The van der Waals surface area contributed by atoms with Crippen molar-refractivity contribution in [3.8, 4) is 0 Å². The molecule has 0 bridgehead atoms. The molecule has 1 N–H and O–H groups in total. The van der Waals surface area contributed by atoms with Gasteiger partial charge in [-0.2, -0.15) is 11.3 Å². The molecule has 0 radical (unpaired) electrons. The number of nitrogens with one attached hydrogen (secondary N) is 1. The first-order chi connectivity index (χ1) is 7.83. The summed E-state index contributed by atoms with van der Waals surface area (Å²) in [5.74, 6) is 0.801. The van der Waals surface area contributed by atoms with E-state index in [9.17, 15) is 0 Å². The van der Waals surface area contributed by atoms with E-state index in [0.717, 1.165) is 17.6 Å². The van der Waals surface area contributed by atoms with Gasteiger partial charge in [0, 0.05) is 10.6 Å². The van der Waals surface area contributed by atoms with Gasteiger partial charge in [0.2, 0.25) is 0 Å². The molecule has 16 heavy (non-hydrogen) atoms. The normalized spacial score (nSPS) is 20.2. The Kier molecular flexibility index (Phi) is 4.29. The van der Waals surface area contributed by atoms with Crippen LogP contribution in [-0.2, 0) is 0 Å². The lowest BCUT2D eigenvalue weighted by atomic mass is 9.99. The summed E-state index contributed by atoms with van der Waals surface area (Å²) >= 11 is 3.62. The Balaban J connectivity index is 1.87. The van der Waals surface area contributed by atoms with Gasteiger partial charge in [-0.3, -0.25) is 4.99 Å². The third-order valence-corrected chi connectivity index (χ3v) is 5.00. The Morgan fingerprint density at radius 3 is 2.94 bits per heavy atom. The third kappa shape index (κ3) is 2.80. The van der Waals surface area contributed by atoms with E-state index in [1.807, 2.05) is 11.8 Å². The molecule has 2 rings (SSSR count). The molecule has 1 aromatic rings. The average molecular weight is 254 g/mol. The van der Waals surface area contributed by atoms with Gasteiger partial charge in [0.15, 0.2) is 5.17 Å². The van der Waals surface area contributed by atoms with E-state index in [1.54, 1.807) is 11.3 Å². The molecule has 2 heterocycles. The highest BCUT2D eigenvalue weighted by Crippen LogP contribution is 2.31. The molecular weight excluding hydrogens is 236 g/mol. The van der Waals surface area contributed by atoms with Crippen molar-refractivity contribution in [3.63, 3.8) is 0 Å². The SMILES string of the molecule is CCC(CC)C1CN=C(Nc2ccsc2)S1. The number of rotatable bonds is 4. The summed E-state index contributed by atoms with van der Waals surface area (Å²) in [7, 11) is 0. The topological polar surface area (TPSA) is 24.4 Å². The van der Waals surface area contributed by atoms with Crippen LogP contribution >= 0.6 is 23.1 Å². The Bertz CT molecular complexity index is 342. The Labute approximate surface area is 106 Å². The molecule has 0 amide bonds. The number of amidine groups is 1. The van der Waals surface area contributed by atoms with Crippen LogP contribution in [0.5, 0.6) is 0 Å². The van der Waals surface area contributed by atoms with Crippen LogP contribution in [0.2, 0.25) is 0 Å². The van der Waals surface area contributed by atoms with Gasteiger partial charge in [-0.25, -0.2) is 0 Å². The molecule has 1 unspecified atom stereocenters. The van der Waals surface area contributed by atoms with Crippen molar-refractivity contribution in [2.45, 2.75) is 31.9 Å². The molecule has 0 saturated heterocycles. The van der Waals surface area contributed by atoms with E-state index in [0.29, 0.717) is 5.25 Å². The van der Waals surface area contributed by atoms with Crippen LogP contribution in [0.25, 0.3) is 0 Å². The van der Waals surface area contributed by atoms with Crippen LogP contribution in [0.15, 0.2) is 21.8 Å². The smallest absolute Gasteiger partial charge is 0.161 e. The fraction of sp³-hybridized carbons (Fsp3) is 0.583. The molecule has 1 aromatic heterocycles. The third-order valence-electron chi connectivity index (χ3n) is 3.02. The van der Waals surface area contributed by atoms with Gasteiger partial charge in [0.1, 0.15) is 0 Å². The second-order valence-corrected chi connectivity index (χ2v) is 6.02. The molecule has 0 spiro atoms. The second-order valence-electron chi connectivity index (χ2n) is 4.02. The van der Waals surface area contributed by atoms with E-state index in [4.69, 9.17) is 0 Å². The summed E-state index contributed by atoms with van der Waals surface area (Å²) < 4.78 is 0. The monoisotopic (exact) mass is 254 g/mol. The lowest BCUT2D eigenvalue weighted by molar-refractivity contribution is 0.479. The van der Waals surface area contributed by atoms with E-state index >= 15 is 0 Å². The number of hydrogen-bond donors (Lipinski definition) is 1. The van der Waals surface area contributed by atoms with E-state index in [2.05, 4.69) is 41.0 Å². The maximum absolute atomic E-state index is 4.58. The zero-order valence-electron chi connectivity index (χ0n) is 9.77. The van der Waals surface area contributed by atoms with Crippen LogP contribution in [0.3, 0.4) is 0 Å². The van der Waals surface area contributed by atoms with E-state index in [1.165, 1.54) is 18.5 Å². The van der Waals surface area contributed by atoms with Gasteiger partial charge in [0.25, 0.3) is 0 Å². The first-order valence-corrected chi connectivity index (χ1v) is 7.66. The fourth-order valence-electron chi connectivity index (χ4n) is 1.98. The summed E-state index contributed by atoms with van der Waals surface area (Å²) in [6, 6.07) is 2.10. The van der Waals surface area contributed by atoms with Crippen LogP contribution in [0, 0.1) is 5.92 Å². The quantitative estimate of drug-likeness (QED) is 0.876. The summed E-state index contributed by atoms with van der Waals surface area (Å²) in [5.41, 5.74) is 1.17. The van der Waals surface area contributed by atoms with Gasteiger partial charge in [-0.05, 0) is 17.4 Å². The predicted molar refractivity (Wildman–Crippen MR) is 75.7 cm³/mol. The molecule has 0 aliphatic carbocycles. The first-order valence-electron chi connectivity index (χ1n) is 5.83. The van der Waals surface area contributed by atoms with Crippen molar-refractivity contribution in [1.29, 1.82) is 0 Å². The van der Waals surface area contributed by atoms with Crippen LogP contribution < -0.4 is 5.32 Å². The van der Waals surface area contributed by atoms with Crippen LogP contribution in [-0.4, -0.2) is 17.0 Å². The highest BCUT2D eigenvalue weighted by Gasteiger charge is 2.25. The van der Waals surface area contributed by atoms with Crippen molar-refractivity contribution in [3.05, 3.63) is 16.8 Å². The number of hydrogen-bond acceptors (Lipinski definition) is 4. The zero-order valence-corrected chi connectivity index (χ0v) is 11.4. The van der Waals surface area contributed by atoms with Gasteiger partial charge >= 0.3 is 0 Å². The van der Waals surface area contributed by atoms with Gasteiger partial charge in [-0.15, -0.1) is 0 Å². The van der Waals surface area contributed by atoms with Gasteiger partial charge in [0.05, 0.1) is 12.2 Å². The molecule has 0 saturated carbocycles. The lowest BCUT2D eigenvalue weighted by Gasteiger charge is -2.18. The Hall–Kier alpha value is -0.480. The average Bonchev–Trinajstić information content (AvgIpc) is 2.93. The molecule has 88 valence electrons. The summed E-state index contributed by atoms with van der Waals surface area (Å²) in [6.07, 6.45) is 2.52. The summed E-state index contributed by atoms with van der Waals surface area (Å²) in [5, 5.41) is 9.35. The number of thiophene rings is 1. The minimum Gasteiger partial charge on any atom is -0.334 e. The predicted octanol–water partition coefficient (Wildman–Crippen LogP) is 4.07. The standard InChI is InChI=1S/C12H18N2S2/c1-3-9(4-2)11-7-13-12(16-11)14-10-5-6-15-8-10/h5-6,8-9,11H,3-4,7H2,1-2H3,(H,13,14). The fourth-order valence-corrected chi connectivity index (χ4v) is 3.91. The Morgan fingerprint density at radius 1 is 1.50 bits per heavy atom. The largest absolute Gasteiger partial charge is 0.334 e. The second kappa shape index (κ2) is 5.73. The molecule has 0 aromatic carbocycles. The highest BCUT2D eigenvalue weighted by atomic mass is 32.2. The molecule has 2 nitrogen and oxygen atoms in total. The van der Waals surface area contributed by atoms with Gasteiger partial charge < -0.3 is 5.32 Å². The summed E-state index contributed by atoms with van der Waals surface area (Å²) in [6.45, 7) is 5.53. The number of thioether (sulfide) groups is 1. The maximum atomic E-state index is 4.58. The number of anilines is 1. The minimum absolute atomic E-state index is 0.677. The zero-order chi connectivity index (χ0) is 11.4. The summed E-state index contributed by atoms with van der Waals surface area (Å²) in [4.78, 5) is 4.58. The minimum atomic E-state index is 0.677. The van der Waals surface area contributed by atoms with Gasteiger partial charge in [-0.1, -0.05) is 38.5 Å². The first kappa shape index (κ1) is 12.0. The van der Waals surface area contributed by atoms with Crippen molar-refractivity contribution in [2.24, 2.45) is 10.9 Å². The van der Waals surface area contributed by atoms with E-state index in [-0.39, 0.29) is 0 Å². The molecule has 1 aliphatic heterocycles. The Morgan fingerprint density at radius 2 is 2.31 bits per heavy atom. The lowest BCUT2D eigenvalue weighted by Crippen LogP contribution is -2.17. The van der Waals surface area contributed by atoms with Crippen molar-refractivity contribution >= 4 is 34.0 Å². The molecule has 1 aliphatic rings. The van der Waals surface area contributed by atoms with Crippen molar-refractivity contribution in [2.75, 3.05) is 11.9 Å². The molecule has 4 heteroatoms. The molecular formula is C12H18N2S2. The van der Waals surface area contributed by atoms with Crippen LogP contribution in [0.1, 0.15) is 26.7 Å². The van der Waals surface area contributed by atoms with E-state index < -0.39 is 0 Å². The molecule has 1 atom stereocenters. The van der Waals surface area contributed by atoms with Crippen molar-refractivity contribution in [1.82, 2.24) is 0 Å². The number of aliphatic imine (C=N–C) groups is 1. The number of nitrogens with zero attached hydrogens (tertiary/aromatic N) is 1. The molecule has 0 fully saturated rings. The maximum Gasteiger partial charge on any atom is 0.161 e.